The third kappa shape index (κ3) is 3.07. The lowest BCUT2D eigenvalue weighted by Crippen LogP contribution is -2.42. The van der Waals surface area contributed by atoms with Crippen LogP contribution in [0.2, 0.25) is 0 Å². The Balaban J connectivity index is 1.94. The van der Waals surface area contributed by atoms with E-state index in [4.69, 9.17) is 4.99 Å². The number of rotatable bonds is 5. The van der Waals surface area contributed by atoms with Gasteiger partial charge < -0.3 is 9.88 Å². The van der Waals surface area contributed by atoms with Gasteiger partial charge in [0.1, 0.15) is 0 Å². The van der Waals surface area contributed by atoms with Crippen LogP contribution < -0.4 is 5.32 Å². The van der Waals surface area contributed by atoms with Crippen LogP contribution in [0.3, 0.4) is 0 Å². The predicted molar refractivity (Wildman–Crippen MR) is 78.0 cm³/mol. The monoisotopic (exact) mass is 266 g/mol. The van der Waals surface area contributed by atoms with Crippen LogP contribution in [0.15, 0.2) is 23.7 Å². The molecule has 0 spiro atoms. The summed E-state index contributed by atoms with van der Waals surface area (Å²) in [5.41, 5.74) is 0.262. The molecule has 1 aliphatic rings. The number of thioether (sulfide) groups is 1. The number of aromatic nitrogens is 2. The average molecular weight is 266 g/mol. The van der Waals surface area contributed by atoms with E-state index in [1.165, 1.54) is 0 Å². The Bertz CT molecular complexity index is 395. The summed E-state index contributed by atoms with van der Waals surface area (Å²) in [6.45, 7) is 7.52. The summed E-state index contributed by atoms with van der Waals surface area (Å²) in [5, 5.41) is 4.71. The van der Waals surface area contributed by atoms with Crippen molar-refractivity contribution in [1.82, 2.24) is 14.9 Å². The quantitative estimate of drug-likeness (QED) is 0.890. The van der Waals surface area contributed by atoms with Crippen molar-refractivity contribution in [3.8, 4) is 0 Å². The number of nitrogens with one attached hydrogen (secondary N) is 1. The zero-order valence-electron chi connectivity index (χ0n) is 11.4. The second kappa shape index (κ2) is 5.78. The van der Waals surface area contributed by atoms with E-state index in [0.29, 0.717) is 0 Å². The summed E-state index contributed by atoms with van der Waals surface area (Å²) in [7, 11) is 0. The SMILES string of the molecule is CCC1(CC)CSC(=NC(C)Cn2ccnc2)N1. The number of aliphatic imine (C=N–C) groups is 1. The van der Waals surface area contributed by atoms with Crippen molar-refractivity contribution in [3.05, 3.63) is 18.7 Å². The first-order valence-corrected chi connectivity index (χ1v) is 7.60. The first kappa shape index (κ1) is 13.5. The minimum absolute atomic E-state index is 0.262. The van der Waals surface area contributed by atoms with Crippen molar-refractivity contribution in [2.24, 2.45) is 4.99 Å². The molecule has 2 rings (SSSR count). The Morgan fingerprint density at radius 2 is 2.33 bits per heavy atom. The highest BCUT2D eigenvalue weighted by Gasteiger charge is 2.33. The highest BCUT2D eigenvalue weighted by molar-refractivity contribution is 8.14. The van der Waals surface area contributed by atoms with Gasteiger partial charge in [0.2, 0.25) is 0 Å². The van der Waals surface area contributed by atoms with Gasteiger partial charge in [-0.3, -0.25) is 4.99 Å². The van der Waals surface area contributed by atoms with Gasteiger partial charge in [-0.1, -0.05) is 25.6 Å². The summed E-state index contributed by atoms with van der Waals surface area (Å²) < 4.78 is 2.07. The maximum atomic E-state index is 4.76. The van der Waals surface area contributed by atoms with Crippen LogP contribution in [0.4, 0.5) is 0 Å². The molecule has 100 valence electrons. The highest BCUT2D eigenvalue weighted by atomic mass is 32.2. The van der Waals surface area contributed by atoms with Gasteiger partial charge in [-0.15, -0.1) is 0 Å². The molecule has 4 nitrogen and oxygen atoms in total. The van der Waals surface area contributed by atoms with E-state index in [1.54, 1.807) is 0 Å². The molecule has 5 heteroatoms. The molecule has 1 N–H and O–H groups in total. The van der Waals surface area contributed by atoms with Gasteiger partial charge in [0.15, 0.2) is 5.17 Å². The van der Waals surface area contributed by atoms with E-state index in [1.807, 2.05) is 30.5 Å². The number of hydrogen-bond donors (Lipinski definition) is 1. The minimum atomic E-state index is 0.262. The first-order valence-electron chi connectivity index (χ1n) is 6.62. The van der Waals surface area contributed by atoms with Gasteiger partial charge in [-0.05, 0) is 19.8 Å². The van der Waals surface area contributed by atoms with E-state index < -0.39 is 0 Å². The molecule has 18 heavy (non-hydrogen) atoms. The molecular weight excluding hydrogens is 244 g/mol. The van der Waals surface area contributed by atoms with Crippen LogP contribution in [-0.4, -0.2) is 32.1 Å². The Kier molecular flexibility index (Phi) is 4.32. The summed E-state index contributed by atoms with van der Waals surface area (Å²) >= 11 is 1.85. The standard InChI is InChI=1S/C13H22N4S/c1-4-13(5-2)9-18-12(16-13)15-11(3)8-17-7-6-14-10-17/h6-7,10-11H,4-5,8-9H2,1-3H3,(H,15,16). The fourth-order valence-corrected chi connectivity index (χ4v) is 3.58. The Hall–Kier alpha value is -0.970. The molecule has 0 amide bonds. The maximum absolute atomic E-state index is 4.76. The van der Waals surface area contributed by atoms with E-state index in [2.05, 4.69) is 35.6 Å². The fraction of sp³-hybridized carbons (Fsp3) is 0.692. The van der Waals surface area contributed by atoms with Gasteiger partial charge in [-0.2, -0.15) is 0 Å². The minimum Gasteiger partial charge on any atom is -0.359 e. The third-order valence-electron chi connectivity index (χ3n) is 3.58. The largest absolute Gasteiger partial charge is 0.359 e. The first-order chi connectivity index (χ1) is 8.67. The number of imidazole rings is 1. The number of nitrogens with zero attached hydrogens (tertiary/aromatic N) is 3. The van der Waals surface area contributed by atoms with E-state index in [0.717, 1.165) is 30.3 Å². The van der Waals surface area contributed by atoms with Gasteiger partial charge >= 0.3 is 0 Å². The lowest BCUT2D eigenvalue weighted by atomic mass is 9.96. The molecule has 0 aromatic carbocycles. The lowest BCUT2D eigenvalue weighted by Gasteiger charge is -2.25. The van der Waals surface area contributed by atoms with Crippen molar-refractivity contribution >= 4 is 16.9 Å². The Morgan fingerprint density at radius 1 is 1.56 bits per heavy atom. The fourth-order valence-electron chi connectivity index (χ4n) is 2.15. The van der Waals surface area contributed by atoms with Gasteiger partial charge in [-0.25, -0.2) is 4.98 Å². The van der Waals surface area contributed by atoms with Crippen molar-refractivity contribution in [1.29, 1.82) is 0 Å². The van der Waals surface area contributed by atoms with E-state index >= 15 is 0 Å². The van der Waals surface area contributed by atoms with Crippen molar-refractivity contribution in [3.63, 3.8) is 0 Å². The smallest absolute Gasteiger partial charge is 0.157 e. The van der Waals surface area contributed by atoms with Crippen LogP contribution in [0.1, 0.15) is 33.6 Å². The molecule has 0 saturated carbocycles. The molecule has 0 radical (unpaired) electrons. The molecule has 0 aliphatic carbocycles. The van der Waals surface area contributed by atoms with Crippen LogP contribution in [0.5, 0.6) is 0 Å². The van der Waals surface area contributed by atoms with Crippen molar-refractivity contribution in [2.75, 3.05) is 5.75 Å². The van der Waals surface area contributed by atoms with Crippen LogP contribution in [-0.2, 0) is 6.54 Å². The van der Waals surface area contributed by atoms with E-state index in [-0.39, 0.29) is 11.6 Å². The van der Waals surface area contributed by atoms with Gasteiger partial charge in [0, 0.05) is 30.2 Å². The van der Waals surface area contributed by atoms with Crippen LogP contribution in [0, 0.1) is 0 Å². The van der Waals surface area contributed by atoms with Crippen molar-refractivity contribution < 1.29 is 0 Å². The zero-order valence-corrected chi connectivity index (χ0v) is 12.2. The molecule has 1 aliphatic heterocycles. The van der Waals surface area contributed by atoms with Crippen LogP contribution in [0.25, 0.3) is 0 Å². The Labute approximate surface area is 113 Å². The summed E-state index contributed by atoms with van der Waals surface area (Å²) in [6.07, 6.45) is 7.95. The third-order valence-corrected chi connectivity index (χ3v) is 4.76. The topological polar surface area (TPSA) is 42.2 Å². The molecule has 1 unspecified atom stereocenters. The molecule has 1 fully saturated rings. The van der Waals surface area contributed by atoms with Gasteiger partial charge in [0.25, 0.3) is 0 Å². The summed E-state index contributed by atoms with van der Waals surface area (Å²) in [4.78, 5) is 8.81. The van der Waals surface area contributed by atoms with Crippen molar-refractivity contribution in [2.45, 2.75) is 51.7 Å². The number of amidine groups is 1. The molecular formula is C13H22N4S. The molecule has 0 bridgehead atoms. The van der Waals surface area contributed by atoms with Crippen LogP contribution >= 0.6 is 11.8 Å². The summed E-state index contributed by atoms with van der Waals surface area (Å²) in [5.74, 6) is 1.14. The molecule has 1 atom stereocenters. The van der Waals surface area contributed by atoms with Gasteiger partial charge in [0.05, 0.1) is 12.4 Å². The summed E-state index contributed by atoms with van der Waals surface area (Å²) in [6, 6.07) is 0.277. The Morgan fingerprint density at radius 3 is 2.89 bits per heavy atom. The molecule has 1 aromatic heterocycles. The second-order valence-electron chi connectivity index (χ2n) is 4.94. The second-order valence-corrected chi connectivity index (χ2v) is 5.91. The molecule has 1 aromatic rings. The zero-order chi connectivity index (χ0) is 13.0. The predicted octanol–water partition coefficient (Wildman–Crippen LogP) is 2.52. The molecule has 2 heterocycles. The molecule has 1 saturated heterocycles. The number of hydrogen-bond acceptors (Lipinski definition) is 3. The maximum Gasteiger partial charge on any atom is 0.157 e. The normalized spacial score (nSPS) is 22.1. The average Bonchev–Trinajstić information content (AvgIpc) is 2.99. The lowest BCUT2D eigenvalue weighted by molar-refractivity contribution is 0.407. The van der Waals surface area contributed by atoms with E-state index in [9.17, 15) is 0 Å². The highest BCUT2D eigenvalue weighted by Crippen LogP contribution is 2.29.